The minimum absolute atomic E-state index is 0. The molecule has 22 rings (SSSR count). The van der Waals surface area contributed by atoms with Gasteiger partial charge in [0.2, 0.25) is 0 Å². The molecule has 4 nitrogen and oxygen atoms in total. The molecular formula is C136H144O4. The molecule has 20 aromatic rings. The van der Waals surface area contributed by atoms with E-state index in [0.29, 0.717) is 44.6 Å². The van der Waals surface area contributed by atoms with Gasteiger partial charge in [0.15, 0.2) is 0 Å². The van der Waals surface area contributed by atoms with Gasteiger partial charge in [-0.15, -0.1) is 0 Å². The van der Waals surface area contributed by atoms with Gasteiger partial charge in [-0.2, -0.15) is 0 Å². The minimum Gasteiger partial charge on any atom is -0.456 e. The van der Waals surface area contributed by atoms with Gasteiger partial charge in [-0.1, -0.05) is 474 Å². The van der Waals surface area contributed by atoms with Crippen LogP contribution in [-0.2, 0) is 48.7 Å². The predicted octanol–water partition coefficient (Wildman–Crippen LogP) is 40.3. The summed E-state index contributed by atoms with van der Waals surface area (Å²) in [6, 6.07) is 75.9. The monoisotopic (exact) mass is 1860 g/mol. The largest absolute Gasteiger partial charge is 0.456 e. The quantitative estimate of drug-likeness (QED) is 0.166. The van der Waals surface area contributed by atoms with E-state index in [1.807, 2.05) is 66.7 Å². The van der Waals surface area contributed by atoms with Crippen molar-refractivity contribution in [3.8, 4) is 66.8 Å². The summed E-state index contributed by atoms with van der Waals surface area (Å²) >= 11 is 0. The lowest BCUT2D eigenvalue weighted by Crippen LogP contribution is -2.22. The van der Waals surface area contributed by atoms with Gasteiger partial charge in [0.25, 0.3) is 0 Å². The topological polar surface area (TPSA) is 52.6 Å². The first kappa shape index (κ1) is 80.5. The SMILES string of the molecule is C.C.CC(C)(C)c1cc(-c2cccc3oc4cccc(C(C)(C)C)c4c23)cc(C(C)(C)C)c1.[2H]c1c([2H])c([2H])c(-c2cccc3oc4ccc(C(C)(C)C)c(C(C)(C)C)c4c23)c([2H])c1[2H].[2H]c1c([2H])c([2H])c(-c2cccc3oc4ccc(C5c6ccc(C(C)(C)C)cc6-c6cc(C(C)(C)C)ccc65)c(C(C)(C)C)c4c23)c([2H])c1[2H].[2H]c1c([2H])c([2H])c(-c2cccc3oc4ccc(C5c6ccccc6-c6ccccc65)c(C(C)(C)C)c4c23)c([2H])c1[2H]. The third-order valence-electron chi connectivity index (χ3n) is 27.9. The maximum atomic E-state index is 8.85. The number of hydrogen-bond donors (Lipinski definition) is 0. The van der Waals surface area contributed by atoms with Crippen molar-refractivity contribution in [2.24, 2.45) is 0 Å². The first-order valence-electron chi connectivity index (χ1n) is 56.2. The maximum Gasteiger partial charge on any atom is 0.136 e. The van der Waals surface area contributed by atoms with E-state index in [9.17, 15) is 0 Å². The number of benzene rings is 16. The molecular weight excluding hydrogens is 1700 g/mol. The Kier molecular flexibility index (Phi) is 20.8. The fourth-order valence-corrected chi connectivity index (χ4v) is 21.4. The van der Waals surface area contributed by atoms with Gasteiger partial charge in [-0.25, -0.2) is 0 Å². The summed E-state index contributed by atoms with van der Waals surface area (Å²) in [5, 5.41) is 7.61. The molecule has 0 saturated carbocycles. The Labute approximate surface area is 854 Å². The van der Waals surface area contributed by atoms with Crippen LogP contribution >= 0.6 is 0 Å². The van der Waals surface area contributed by atoms with Crippen LogP contribution in [0.1, 0.15) is 318 Å². The number of fused-ring (bicyclic) bond motifs is 18. The molecule has 16 aromatic carbocycles. The number of hydrogen-bond acceptors (Lipinski definition) is 4. The van der Waals surface area contributed by atoms with Gasteiger partial charge in [0.05, 0.1) is 20.6 Å². The van der Waals surface area contributed by atoms with Gasteiger partial charge in [-0.05, 0) is 247 Å². The summed E-state index contributed by atoms with van der Waals surface area (Å²) < 4.78 is 152. The first-order chi connectivity index (χ1) is 71.4. The van der Waals surface area contributed by atoms with Gasteiger partial charge in [0, 0.05) is 54.9 Å². The maximum absolute atomic E-state index is 8.85. The van der Waals surface area contributed by atoms with E-state index in [-0.39, 0.29) is 165 Å². The molecule has 0 radical (unpaired) electrons. The van der Waals surface area contributed by atoms with Crippen molar-refractivity contribution < 1.29 is 38.2 Å². The van der Waals surface area contributed by atoms with E-state index in [0.717, 1.165) is 65.8 Å². The highest BCUT2D eigenvalue weighted by Crippen LogP contribution is 2.58. The molecule has 0 spiro atoms. The summed E-state index contributed by atoms with van der Waals surface area (Å²) in [6.45, 7) is 60.5. The Balaban J connectivity index is 0.000000142. The molecule has 140 heavy (non-hydrogen) atoms. The smallest absolute Gasteiger partial charge is 0.136 e. The van der Waals surface area contributed by atoms with E-state index < -0.39 is 18.1 Å². The minimum atomic E-state index is -0.400. The van der Waals surface area contributed by atoms with Crippen molar-refractivity contribution in [3.63, 3.8) is 0 Å². The highest BCUT2D eigenvalue weighted by Gasteiger charge is 2.41. The van der Waals surface area contributed by atoms with Gasteiger partial charge < -0.3 is 17.7 Å². The van der Waals surface area contributed by atoms with E-state index in [2.05, 4.69) is 351 Å². The zero-order valence-electron chi connectivity index (χ0n) is 100. The Hall–Kier alpha value is -13.3. The van der Waals surface area contributed by atoms with Crippen molar-refractivity contribution in [2.45, 2.75) is 262 Å². The Morgan fingerprint density at radius 2 is 0.457 bits per heavy atom. The molecule has 0 aliphatic heterocycles. The lowest BCUT2D eigenvalue weighted by molar-refractivity contribution is 0.534. The molecule has 0 fully saturated rings. The molecule has 0 bridgehead atoms. The van der Waals surface area contributed by atoms with Crippen LogP contribution in [0.25, 0.3) is 155 Å². The third kappa shape index (κ3) is 18.0. The molecule has 0 N–H and O–H groups in total. The fourth-order valence-electron chi connectivity index (χ4n) is 21.4. The van der Waals surface area contributed by atoms with Crippen molar-refractivity contribution in [2.75, 3.05) is 0 Å². The molecule has 0 saturated heterocycles. The van der Waals surface area contributed by atoms with Crippen LogP contribution in [0.5, 0.6) is 0 Å². The Bertz CT molecular complexity index is 8880. The average Bonchev–Trinajstić information content (AvgIpc) is 1.56. The van der Waals surface area contributed by atoms with Crippen LogP contribution in [0.15, 0.2) is 339 Å². The van der Waals surface area contributed by atoms with Crippen LogP contribution in [-0.4, -0.2) is 0 Å². The van der Waals surface area contributed by atoms with Crippen molar-refractivity contribution in [1.29, 1.82) is 0 Å². The Morgan fingerprint density at radius 1 is 0.186 bits per heavy atom. The van der Waals surface area contributed by atoms with Crippen LogP contribution in [0.3, 0.4) is 0 Å². The van der Waals surface area contributed by atoms with E-state index in [1.165, 1.54) is 111 Å². The van der Waals surface area contributed by atoms with Crippen LogP contribution < -0.4 is 0 Å². The second-order valence-electron chi connectivity index (χ2n) is 47.2. The highest BCUT2D eigenvalue weighted by atomic mass is 16.3. The zero-order valence-corrected chi connectivity index (χ0v) is 85.2. The number of rotatable bonds is 6. The zero-order chi connectivity index (χ0) is 111. The summed E-state index contributed by atoms with van der Waals surface area (Å²) in [5.74, 6) is 0.00318. The Morgan fingerprint density at radius 3 is 0.786 bits per heavy atom. The van der Waals surface area contributed by atoms with Crippen LogP contribution in [0.4, 0.5) is 0 Å². The predicted molar refractivity (Wildman–Crippen MR) is 604 cm³/mol. The molecule has 2 aliphatic rings. The second kappa shape index (κ2) is 36.1. The summed E-state index contributed by atoms with van der Waals surface area (Å²) in [4.78, 5) is 0. The van der Waals surface area contributed by atoms with Crippen LogP contribution in [0.2, 0.25) is 0 Å². The van der Waals surface area contributed by atoms with Crippen molar-refractivity contribution in [1.82, 2.24) is 0 Å². The molecule has 2 aliphatic carbocycles. The average molecular weight is 1860 g/mol. The van der Waals surface area contributed by atoms with Gasteiger partial charge in [-0.3, -0.25) is 0 Å². The van der Waals surface area contributed by atoms with E-state index >= 15 is 0 Å². The molecule has 4 heterocycles. The van der Waals surface area contributed by atoms with Crippen LogP contribution in [0, 0.1) is 0 Å². The fraction of sp³-hybridized carbons (Fsp3) is 0.294. The molecule has 0 amide bonds. The second-order valence-corrected chi connectivity index (χ2v) is 47.2. The molecule has 0 unspecified atom stereocenters. The molecule has 0 atom stereocenters. The van der Waals surface area contributed by atoms with Gasteiger partial charge >= 0.3 is 0 Å². The van der Waals surface area contributed by atoms with Gasteiger partial charge in [0.1, 0.15) is 44.7 Å². The highest BCUT2D eigenvalue weighted by molar-refractivity contribution is 6.18. The number of furan rings is 4. The third-order valence-corrected chi connectivity index (χ3v) is 27.9. The standard InChI is InChI=1S/C43H44O.C35H28O.C30H36O.C26H28O.2CH4/c1-41(2,3)27-18-20-30-33(24-27)34-25-28(42(4,5)6)19-21-31(34)37(30)32-22-23-36-39(40(32)43(7,8)9)38-29(16-13-17-35(38)44-36)26-14-11-10-12-15-26;1-35(2,3)34-28(31-26-16-9-7-14-24(26)25-15-8-10-17-27(25)31)20-21-30-33(34)32-23(18-11-19-29(32)36-30)22-12-5-4-6-13-22;1-28(2,3)20-16-19(17-21(18-20)29(4,5)6)22-12-10-14-24-26(22)27-23(30(7,8)9)13-11-15-25(27)31-24;1-25(2,3)19-15-16-21-23(24(19)26(4,5)6)22-18(13-10-14-20(22)27-21)17-11-8-7-9-12-17;;/h10-25,37H,1-9H3;4-21,31H,1-3H3;10-18H,1-9H3;7-16H,1-6H3;2*1H4/i10D,11D,12D,14D,15D;4D,5D,6D,12D,13D;;7D,8D,9D,11D,12D;;. The summed E-state index contributed by atoms with van der Waals surface area (Å²) in [7, 11) is 0. The lowest BCUT2D eigenvalue weighted by Gasteiger charge is -2.31. The normalized spacial score (nSPS) is 14.7. The summed E-state index contributed by atoms with van der Waals surface area (Å²) in [5.41, 5.74) is 33.8. The summed E-state index contributed by atoms with van der Waals surface area (Å²) in [6.07, 6.45) is 0. The first-order valence-corrected chi connectivity index (χ1v) is 48.7. The van der Waals surface area contributed by atoms with E-state index in [1.54, 1.807) is 0 Å². The molecule has 4 aromatic heterocycles. The van der Waals surface area contributed by atoms with E-state index in [4.69, 9.17) is 38.2 Å². The lowest BCUT2D eigenvalue weighted by atomic mass is 9.73. The van der Waals surface area contributed by atoms with Crippen molar-refractivity contribution in [3.05, 3.63) is 405 Å². The molecule has 4 heteroatoms. The van der Waals surface area contributed by atoms with Crippen molar-refractivity contribution >= 4 is 87.8 Å². The molecule has 712 valence electrons.